The molecule has 0 saturated heterocycles. The van der Waals surface area contributed by atoms with Gasteiger partial charge in [0.15, 0.2) is 0 Å². The van der Waals surface area contributed by atoms with E-state index in [4.69, 9.17) is 0 Å². The molecular weight excluding hydrogens is 170 g/mol. The number of hydrogen-bond acceptors (Lipinski definition) is 1. The molecule has 0 aliphatic heterocycles. The van der Waals surface area contributed by atoms with Gasteiger partial charge in [-0.3, -0.25) is 4.79 Å². The zero-order chi connectivity index (χ0) is 9.61. The van der Waals surface area contributed by atoms with Crippen molar-refractivity contribution < 1.29 is 4.79 Å². The Balaban J connectivity index is 3.53. The molecule has 0 aromatic carbocycles. The van der Waals surface area contributed by atoms with Gasteiger partial charge in [-0.25, -0.2) is 0 Å². The van der Waals surface area contributed by atoms with Gasteiger partial charge in [0.05, 0.1) is 0 Å². The zero-order valence-corrected chi connectivity index (χ0v) is 9.08. The van der Waals surface area contributed by atoms with Crippen LogP contribution in [0, 0.1) is 5.41 Å². The Morgan fingerprint density at radius 3 is 2.42 bits per heavy atom. The van der Waals surface area contributed by atoms with Crippen molar-refractivity contribution in [2.75, 3.05) is 6.54 Å². The highest BCUT2D eigenvalue weighted by Gasteiger charge is 2.15. The fourth-order valence-corrected chi connectivity index (χ4v) is 1.42. The van der Waals surface area contributed by atoms with Crippen molar-refractivity contribution in [2.24, 2.45) is 5.41 Å². The van der Waals surface area contributed by atoms with Crippen LogP contribution in [0.2, 0.25) is 0 Å². The highest BCUT2D eigenvalue weighted by Crippen LogP contribution is 2.25. The molecule has 0 spiro atoms. The summed E-state index contributed by atoms with van der Waals surface area (Å²) >= 11 is 3.63. The summed E-state index contributed by atoms with van der Waals surface area (Å²) in [7, 11) is 0. The first-order valence-electron chi connectivity index (χ1n) is 4.45. The van der Waals surface area contributed by atoms with Crippen LogP contribution in [0.5, 0.6) is 0 Å². The molecule has 0 fully saturated rings. The maximum absolute atomic E-state index is 10.4. The monoisotopic (exact) mass is 189 g/mol. The molecule has 1 amide bonds. The minimum absolute atomic E-state index is 0.234. The highest BCUT2D eigenvalue weighted by molar-refractivity contribution is 7.96. The van der Waals surface area contributed by atoms with Crippen molar-refractivity contribution in [3.05, 3.63) is 0 Å². The molecule has 72 valence electrons. The van der Waals surface area contributed by atoms with Crippen LogP contribution in [0.1, 0.15) is 40.0 Å². The predicted molar refractivity (Wildman–Crippen MR) is 55.7 cm³/mol. The van der Waals surface area contributed by atoms with Crippen LogP contribution in [-0.4, -0.2) is 11.8 Å². The molecule has 3 heteroatoms. The molecule has 0 aromatic heterocycles. The normalized spacial score (nSPS) is 11.3. The topological polar surface area (TPSA) is 29.1 Å². The summed E-state index contributed by atoms with van der Waals surface area (Å²) in [4.78, 5) is 10.4. The van der Waals surface area contributed by atoms with E-state index in [2.05, 4.69) is 38.7 Å². The third-order valence-corrected chi connectivity index (χ3v) is 2.16. The summed E-state index contributed by atoms with van der Waals surface area (Å²) in [6.45, 7) is 7.36. The lowest BCUT2D eigenvalue weighted by atomic mass is 9.85. The highest BCUT2D eigenvalue weighted by atomic mass is 32.1. The molecule has 2 nitrogen and oxygen atoms in total. The van der Waals surface area contributed by atoms with Gasteiger partial charge in [-0.05, 0) is 18.3 Å². The molecule has 0 aliphatic carbocycles. The molecule has 0 rings (SSSR count). The van der Waals surface area contributed by atoms with Crippen molar-refractivity contribution in [1.29, 1.82) is 0 Å². The minimum Gasteiger partial charge on any atom is -0.347 e. The number of nitrogens with one attached hydrogen (secondary N) is 1. The molecule has 0 saturated carbocycles. The number of carbonyl (C=O) groups excluding carboxylic acids is 1. The van der Waals surface area contributed by atoms with E-state index in [0.717, 1.165) is 13.0 Å². The standard InChI is InChI=1S/C9H19NOS/c1-4-5-9(2,3)6-7-10-8(11)12/h4-7H2,1-3H3,(H2,10,11,12). The van der Waals surface area contributed by atoms with E-state index >= 15 is 0 Å². The summed E-state index contributed by atoms with van der Waals surface area (Å²) in [5.41, 5.74) is 0.338. The minimum atomic E-state index is -0.234. The smallest absolute Gasteiger partial charge is 0.275 e. The average Bonchev–Trinajstić information content (AvgIpc) is 1.85. The predicted octanol–water partition coefficient (Wildman–Crippen LogP) is 2.84. The quantitative estimate of drug-likeness (QED) is 0.640. The number of hydrogen-bond donors (Lipinski definition) is 2. The van der Waals surface area contributed by atoms with E-state index in [1.165, 1.54) is 12.8 Å². The Hall–Kier alpha value is -0.180. The van der Waals surface area contributed by atoms with Crippen LogP contribution in [0.4, 0.5) is 4.79 Å². The first kappa shape index (κ1) is 11.8. The fourth-order valence-electron chi connectivity index (χ4n) is 1.31. The van der Waals surface area contributed by atoms with Crippen LogP contribution in [0.25, 0.3) is 0 Å². The van der Waals surface area contributed by atoms with Gasteiger partial charge in [0.2, 0.25) is 0 Å². The number of thiol groups is 1. The second-order valence-electron chi connectivity index (χ2n) is 3.90. The lowest BCUT2D eigenvalue weighted by Crippen LogP contribution is -2.23. The molecule has 0 aromatic rings. The number of rotatable bonds is 5. The van der Waals surface area contributed by atoms with Crippen molar-refractivity contribution in [2.45, 2.75) is 40.0 Å². The Labute approximate surface area is 80.5 Å². The van der Waals surface area contributed by atoms with Crippen molar-refractivity contribution in [1.82, 2.24) is 5.32 Å². The lowest BCUT2D eigenvalue weighted by Gasteiger charge is -2.23. The van der Waals surface area contributed by atoms with Crippen molar-refractivity contribution in [3.63, 3.8) is 0 Å². The Kier molecular flexibility index (Phi) is 5.38. The number of carbonyl (C=O) groups is 1. The van der Waals surface area contributed by atoms with Crippen LogP contribution >= 0.6 is 12.6 Å². The van der Waals surface area contributed by atoms with Gasteiger partial charge in [-0.1, -0.05) is 39.8 Å². The van der Waals surface area contributed by atoms with Gasteiger partial charge < -0.3 is 5.32 Å². The maximum Gasteiger partial charge on any atom is 0.275 e. The van der Waals surface area contributed by atoms with Crippen molar-refractivity contribution in [3.8, 4) is 0 Å². The molecule has 0 aliphatic rings. The van der Waals surface area contributed by atoms with E-state index in [-0.39, 0.29) is 5.24 Å². The first-order chi connectivity index (χ1) is 5.48. The largest absolute Gasteiger partial charge is 0.347 e. The van der Waals surface area contributed by atoms with E-state index in [0.29, 0.717) is 5.41 Å². The third-order valence-electron chi connectivity index (χ3n) is 2.00. The van der Waals surface area contributed by atoms with Crippen LogP contribution in [0.15, 0.2) is 0 Å². The van der Waals surface area contributed by atoms with E-state index in [1.54, 1.807) is 0 Å². The van der Waals surface area contributed by atoms with E-state index in [1.807, 2.05) is 0 Å². The number of amides is 1. The second kappa shape index (κ2) is 5.46. The molecule has 1 N–H and O–H groups in total. The molecule has 0 radical (unpaired) electrons. The Morgan fingerprint density at radius 1 is 1.42 bits per heavy atom. The second-order valence-corrected chi connectivity index (χ2v) is 4.30. The van der Waals surface area contributed by atoms with Gasteiger partial charge in [0, 0.05) is 6.54 Å². The van der Waals surface area contributed by atoms with Crippen LogP contribution < -0.4 is 5.32 Å². The summed E-state index contributed by atoms with van der Waals surface area (Å²) in [5.74, 6) is 0. The van der Waals surface area contributed by atoms with Crippen molar-refractivity contribution >= 4 is 17.9 Å². The molecule has 0 heterocycles. The summed E-state index contributed by atoms with van der Waals surface area (Å²) in [6.07, 6.45) is 3.42. The zero-order valence-electron chi connectivity index (χ0n) is 8.18. The third kappa shape index (κ3) is 6.53. The van der Waals surface area contributed by atoms with Crippen LogP contribution in [0.3, 0.4) is 0 Å². The van der Waals surface area contributed by atoms with Gasteiger partial charge >= 0.3 is 0 Å². The molecule has 0 atom stereocenters. The molecule has 0 bridgehead atoms. The fraction of sp³-hybridized carbons (Fsp3) is 0.889. The SMILES string of the molecule is CCCC(C)(C)CCNC(=O)S. The van der Waals surface area contributed by atoms with Gasteiger partial charge in [0.1, 0.15) is 0 Å². The van der Waals surface area contributed by atoms with E-state index in [9.17, 15) is 4.79 Å². The summed E-state index contributed by atoms with van der Waals surface area (Å²) in [6, 6.07) is 0. The van der Waals surface area contributed by atoms with Gasteiger partial charge in [-0.15, -0.1) is 0 Å². The van der Waals surface area contributed by atoms with Gasteiger partial charge in [-0.2, -0.15) is 0 Å². The van der Waals surface area contributed by atoms with Crippen LogP contribution in [-0.2, 0) is 0 Å². The lowest BCUT2D eigenvalue weighted by molar-refractivity contribution is 0.256. The summed E-state index contributed by atoms with van der Waals surface area (Å²) < 4.78 is 0. The Bertz CT molecular complexity index is 145. The first-order valence-corrected chi connectivity index (χ1v) is 4.89. The van der Waals surface area contributed by atoms with E-state index < -0.39 is 0 Å². The average molecular weight is 189 g/mol. The van der Waals surface area contributed by atoms with Gasteiger partial charge in [0.25, 0.3) is 5.24 Å². The molecule has 12 heavy (non-hydrogen) atoms. The molecular formula is C9H19NOS. The summed E-state index contributed by atoms with van der Waals surface area (Å²) in [5, 5.41) is 2.45. The Morgan fingerprint density at radius 2 is 2.00 bits per heavy atom. The maximum atomic E-state index is 10.4. The molecule has 0 unspecified atom stereocenters.